The van der Waals surface area contributed by atoms with E-state index in [0.29, 0.717) is 30.3 Å². The van der Waals surface area contributed by atoms with E-state index in [1.165, 1.54) is 25.1 Å². The van der Waals surface area contributed by atoms with Crippen molar-refractivity contribution < 1.29 is 19.4 Å². The third-order valence-corrected chi connectivity index (χ3v) is 5.00. The molecule has 0 saturated carbocycles. The van der Waals surface area contributed by atoms with E-state index in [4.69, 9.17) is 9.47 Å². The molecule has 1 aromatic carbocycles. The maximum absolute atomic E-state index is 12.4. The standard InChI is InChI=1S/C21H26N2O4/c1-26-20(24)18-13-19(15-22-14-18)27-21(25)23-11-9-17(10-12-23)8-7-16-5-3-2-4-6-16/h2-6,13-15,17,20,24H,7-12H2,1H3. The molecule has 0 bridgehead atoms. The first-order valence-corrected chi connectivity index (χ1v) is 9.32. The van der Waals surface area contributed by atoms with E-state index < -0.39 is 6.29 Å². The number of aryl methyl sites for hydroxylation is 1. The quantitative estimate of drug-likeness (QED) is 0.787. The van der Waals surface area contributed by atoms with Crippen molar-refractivity contribution in [2.45, 2.75) is 32.0 Å². The number of rotatable bonds is 6. The number of piperidine rings is 1. The van der Waals surface area contributed by atoms with Gasteiger partial charge < -0.3 is 19.5 Å². The Labute approximate surface area is 159 Å². The monoisotopic (exact) mass is 370 g/mol. The molecule has 1 aliphatic rings. The predicted octanol–water partition coefficient (Wildman–Crippen LogP) is 3.56. The van der Waals surface area contributed by atoms with Crippen LogP contribution in [0.4, 0.5) is 4.79 Å². The number of aliphatic hydroxyl groups excluding tert-OH is 1. The summed E-state index contributed by atoms with van der Waals surface area (Å²) in [5.74, 6) is 0.941. The summed E-state index contributed by atoms with van der Waals surface area (Å²) in [4.78, 5) is 18.1. The highest BCUT2D eigenvalue weighted by Gasteiger charge is 2.24. The van der Waals surface area contributed by atoms with Gasteiger partial charge in [-0.1, -0.05) is 30.3 Å². The van der Waals surface area contributed by atoms with Crippen LogP contribution in [-0.2, 0) is 11.2 Å². The van der Waals surface area contributed by atoms with Crippen LogP contribution >= 0.6 is 0 Å². The van der Waals surface area contributed by atoms with Gasteiger partial charge in [0.2, 0.25) is 0 Å². The van der Waals surface area contributed by atoms with Crippen molar-refractivity contribution in [2.75, 3.05) is 20.2 Å². The molecular formula is C21H26N2O4. The number of nitrogens with zero attached hydrogens (tertiary/aromatic N) is 2. The number of carbonyl (C=O) groups is 1. The van der Waals surface area contributed by atoms with Crippen molar-refractivity contribution in [1.82, 2.24) is 9.88 Å². The molecule has 1 aliphatic heterocycles. The molecule has 1 atom stereocenters. The summed E-state index contributed by atoms with van der Waals surface area (Å²) < 4.78 is 10.3. The van der Waals surface area contributed by atoms with Crippen LogP contribution in [0, 0.1) is 5.92 Å². The van der Waals surface area contributed by atoms with Gasteiger partial charge in [-0.15, -0.1) is 0 Å². The molecule has 2 heterocycles. The highest BCUT2D eigenvalue weighted by atomic mass is 16.6. The van der Waals surface area contributed by atoms with Crippen molar-refractivity contribution in [1.29, 1.82) is 0 Å². The molecule has 1 aromatic heterocycles. The summed E-state index contributed by atoms with van der Waals surface area (Å²) in [6.07, 6.45) is 5.67. The largest absolute Gasteiger partial charge is 0.415 e. The number of aromatic nitrogens is 1. The first-order chi connectivity index (χ1) is 13.2. The van der Waals surface area contributed by atoms with Gasteiger partial charge in [-0.2, -0.15) is 0 Å². The van der Waals surface area contributed by atoms with Crippen molar-refractivity contribution in [3.63, 3.8) is 0 Å². The van der Waals surface area contributed by atoms with Gasteiger partial charge in [-0.3, -0.25) is 4.98 Å². The fourth-order valence-corrected chi connectivity index (χ4v) is 3.35. The van der Waals surface area contributed by atoms with Crippen LogP contribution in [0.5, 0.6) is 5.75 Å². The second-order valence-electron chi connectivity index (χ2n) is 6.86. The van der Waals surface area contributed by atoms with Crippen molar-refractivity contribution >= 4 is 6.09 Å². The van der Waals surface area contributed by atoms with Crippen LogP contribution in [0.15, 0.2) is 48.8 Å². The molecule has 2 aromatic rings. The highest BCUT2D eigenvalue weighted by molar-refractivity contribution is 5.70. The van der Waals surface area contributed by atoms with E-state index >= 15 is 0 Å². The summed E-state index contributed by atoms with van der Waals surface area (Å²) in [6, 6.07) is 12.1. The minimum Gasteiger partial charge on any atom is -0.409 e. The third-order valence-electron chi connectivity index (χ3n) is 5.00. The summed E-state index contributed by atoms with van der Waals surface area (Å²) >= 11 is 0. The molecule has 0 radical (unpaired) electrons. The maximum atomic E-state index is 12.4. The fraction of sp³-hybridized carbons (Fsp3) is 0.429. The summed E-state index contributed by atoms with van der Waals surface area (Å²) in [5.41, 5.74) is 1.81. The van der Waals surface area contributed by atoms with E-state index in [1.807, 2.05) is 6.07 Å². The molecular weight excluding hydrogens is 344 g/mol. The zero-order valence-electron chi connectivity index (χ0n) is 15.6. The smallest absolute Gasteiger partial charge is 0.409 e. The van der Waals surface area contributed by atoms with E-state index in [2.05, 4.69) is 29.2 Å². The normalized spacial score (nSPS) is 16.1. The number of likely N-dealkylation sites (tertiary alicyclic amines) is 1. The number of aliphatic hydroxyl groups is 1. The number of hydrogen-bond donors (Lipinski definition) is 1. The van der Waals surface area contributed by atoms with Crippen LogP contribution < -0.4 is 4.74 Å². The Morgan fingerprint density at radius 2 is 2.00 bits per heavy atom. The average Bonchev–Trinajstić information content (AvgIpc) is 2.73. The van der Waals surface area contributed by atoms with Gasteiger partial charge in [0.15, 0.2) is 12.0 Å². The molecule has 1 unspecified atom stereocenters. The minimum atomic E-state index is -1.09. The molecule has 144 valence electrons. The molecule has 1 fully saturated rings. The van der Waals surface area contributed by atoms with Crippen LogP contribution in [0.25, 0.3) is 0 Å². The molecule has 27 heavy (non-hydrogen) atoms. The van der Waals surface area contributed by atoms with Gasteiger partial charge in [-0.25, -0.2) is 4.79 Å². The van der Waals surface area contributed by atoms with Crippen LogP contribution in [-0.4, -0.2) is 41.3 Å². The lowest BCUT2D eigenvalue weighted by Crippen LogP contribution is -2.40. The molecule has 0 aliphatic carbocycles. The number of pyridine rings is 1. The molecule has 0 spiro atoms. The van der Waals surface area contributed by atoms with Crippen molar-refractivity contribution in [3.05, 3.63) is 59.9 Å². The van der Waals surface area contributed by atoms with Gasteiger partial charge in [0.1, 0.15) is 0 Å². The third kappa shape index (κ3) is 5.52. The summed E-state index contributed by atoms with van der Waals surface area (Å²) in [7, 11) is 1.39. The number of benzene rings is 1. The van der Waals surface area contributed by atoms with E-state index in [-0.39, 0.29) is 6.09 Å². The Kier molecular flexibility index (Phi) is 6.79. The van der Waals surface area contributed by atoms with Crippen molar-refractivity contribution in [2.24, 2.45) is 5.92 Å². The highest BCUT2D eigenvalue weighted by Crippen LogP contribution is 2.24. The Morgan fingerprint density at radius 3 is 2.70 bits per heavy atom. The molecule has 1 N–H and O–H groups in total. The Balaban J connectivity index is 1.46. The van der Waals surface area contributed by atoms with Gasteiger partial charge in [0, 0.05) is 32.0 Å². The first-order valence-electron chi connectivity index (χ1n) is 9.32. The second-order valence-corrected chi connectivity index (χ2v) is 6.86. The average molecular weight is 370 g/mol. The van der Waals surface area contributed by atoms with Crippen LogP contribution in [0.1, 0.15) is 36.7 Å². The van der Waals surface area contributed by atoms with Crippen molar-refractivity contribution in [3.8, 4) is 5.75 Å². The minimum absolute atomic E-state index is 0.305. The fourth-order valence-electron chi connectivity index (χ4n) is 3.35. The molecule has 6 nitrogen and oxygen atoms in total. The zero-order chi connectivity index (χ0) is 19.1. The Bertz CT molecular complexity index is 730. The zero-order valence-corrected chi connectivity index (χ0v) is 15.6. The van der Waals surface area contributed by atoms with E-state index in [0.717, 1.165) is 25.7 Å². The number of amides is 1. The topological polar surface area (TPSA) is 71.9 Å². The Morgan fingerprint density at radius 1 is 1.26 bits per heavy atom. The summed E-state index contributed by atoms with van der Waals surface area (Å²) in [6.45, 7) is 1.40. The number of hydrogen-bond acceptors (Lipinski definition) is 5. The summed E-state index contributed by atoms with van der Waals surface area (Å²) in [5, 5.41) is 9.69. The molecule has 1 saturated heterocycles. The SMILES string of the molecule is COC(O)c1cncc(OC(=O)N2CCC(CCc3ccccc3)CC2)c1. The van der Waals surface area contributed by atoms with E-state index in [1.54, 1.807) is 11.0 Å². The van der Waals surface area contributed by atoms with Gasteiger partial charge in [0.05, 0.1) is 6.20 Å². The molecule has 3 rings (SSSR count). The lowest BCUT2D eigenvalue weighted by Gasteiger charge is -2.31. The Hall–Kier alpha value is -2.44. The number of methoxy groups -OCH3 is 1. The maximum Gasteiger partial charge on any atom is 0.415 e. The molecule has 1 amide bonds. The predicted molar refractivity (Wildman–Crippen MR) is 101 cm³/mol. The van der Waals surface area contributed by atoms with E-state index in [9.17, 15) is 9.90 Å². The van der Waals surface area contributed by atoms with Gasteiger partial charge in [-0.05, 0) is 43.2 Å². The van der Waals surface area contributed by atoms with Gasteiger partial charge >= 0.3 is 6.09 Å². The lowest BCUT2D eigenvalue weighted by molar-refractivity contribution is -0.0772. The van der Waals surface area contributed by atoms with Crippen LogP contribution in [0.2, 0.25) is 0 Å². The first kappa shape index (κ1) is 19.3. The van der Waals surface area contributed by atoms with Gasteiger partial charge in [0.25, 0.3) is 0 Å². The van der Waals surface area contributed by atoms with Crippen LogP contribution in [0.3, 0.4) is 0 Å². The number of carbonyl (C=O) groups excluding carboxylic acids is 1. The molecule has 6 heteroatoms. The lowest BCUT2D eigenvalue weighted by atomic mass is 9.91. The second kappa shape index (κ2) is 9.48. The number of ether oxygens (including phenoxy) is 2.